The van der Waals surface area contributed by atoms with E-state index in [9.17, 15) is 33.6 Å². The Morgan fingerprint density at radius 1 is 0.745 bits per heavy atom. The van der Waals surface area contributed by atoms with E-state index in [0.29, 0.717) is 0 Å². The quantitative estimate of drug-likeness (QED) is 0.247. The van der Waals surface area contributed by atoms with Gasteiger partial charge in [-0.1, -0.05) is 50.8 Å². The van der Waals surface area contributed by atoms with Crippen molar-refractivity contribution in [1.29, 1.82) is 0 Å². The molecule has 2 aliphatic rings. The fourth-order valence-corrected chi connectivity index (χ4v) is 6.38. The number of esters is 5. The summed E-state index contributed by atoms with van der Waals surface area (Å²) in [7, 11) is 0. The first-order chi connectivity index (χ1) is 21.8. The highest BCUT2D eigenvalue weighted by atomic mass is 16.6. The Kier molecular flexibility index (Phi) is 11.3. The van der Waals surface area contributed by atoms with E-state index in [0.717, 1.165) is 27.7 Å². The molecule has 0 saturated heterocycles. The van der Waals surface area contributed by atoms with Gasteiger partial charge in [0, 0.05) is 51.0 Å². The molecular formula is C35H42O12. The van der Waals surface area contributed by atoms with Crippen LogP contribution in [0.5, 0.6) is 0 Å². The Morgan fingerprint density at radius 2 is 1.30 bits per heavy atom. The number of Topliss-reactive ketones (excluding diaryl/α,β-unsaturated/α-hetero) is 2. The van der Waals surface area contributed by atoms with E-state index in [1.54, 1.807) is 32.0 Å². The average Bonchev–Trinajstić information content (AvgIpc) is 3.24. The van der Waals surface area contributed by atoms with E-state index in [-0.39, 0.29) is 17.6 Å². The van der Waals surface area contributed by atoms with Crippen molar-refractivity contribution in [1.82, 2.24) is 0 Å². The molecule has 2 aliphatic carbocycles. The predicted octanol–water partition coefficient (Wildman–Crippen LogP) is 3.89. The van der Waals surface area contributed by atoms with Gasteiger partial charge in [0.1, 0.15) is 12.2 Å². The van der Waals surface area contributed by atoms with Gasteiger partial charge >= 0.3 is 29.8 Å². The Balaban J connectivity index is 2.42. The first kappa shape index (κ1) is 36.9. The monoisotopic (exact) mass is 654 g/mol. The van der Waals surface area contributed by atoms with Gasteiger partial charge in [-0.2, -0.15) is 0 Å². The second kappa shape index (κ2) is 14.4. The number of rotatable bonds is 6. The van der Waals surface area contributed by atoms with Gasteiger partial charge in [-0.25, -0.2) is 4.79 Å². The maximum Gasteiger partial charge on any atom is 0.338 e. The maximum atomic E-state index is 14.5. The van der Waals surface area contributed by atoms with E-state index in [2.05, 4.69) is 6.58 Å². The molecule has 8 atom stereocenters. The third-order valence-electron chi connectivity index (χ3n) is 8.39. The molecule has 1 fully saturated rings. The van der Waals surface area contributed by atoms with Gasteiger partial charge in [0.2, 0.25) is 6.10 Å². The topological polar surface area (TPSA) is 166 Å². The number of carbonyl (C=O) groups excluding carboxylic acids is 7. The van der Waals surface area contributed by atoms with Crippen molar-refractivity contribution in [2.45, 2.75) is 91.8 Å². The summed E-state index contributed by atoms with van der Waals surface area (Å²) in [4.78, 5) is 92.5. The number of ketones is 2. The number of fused-ring (bicyclic) bond motifs is 1. The number of allylic oxidation sites excluding steroid dienone is 2. The molecular weight excluding hydrogens is 612 g/mol. The molecule has 0 bridgehead atoms. The van der Waals surface area contributed by atoms with Crippen LogP contribution in [0.4, 0.5) is 0 Å². The molecule has 1 aromatic rings. The van der Waals surface area contributed by atoms with Gasteiger partial charge in [-0.3, -0.25) is 28.8 Å². The lowest BCUT2D eigenvalue weighted by molar-refractivity contribution is -0.186. The molecule has 0 N–H and O–H groups in total. The van der Waals surface area contributed by atoms with Crippen LogP contribution in [0, 0.1) is 23.2 Å². The summed E-state index contributed by atoms with van der Waals surface area (Å²) in [5, 5.41) is 0. The fraction of sp³-hybridized carbons (Fsp3) is 0.514. The lowest BCUT2D eigenvalue weighted by Gasteiger charge is -2.42. The molecule has 12 nitrogen and oxygen atoms in total. The summed E-state index contributed by atoms with van der Waals surface area (Å²) in [5.41, 5.74) is -3.65. The second-order valence-corrected chi connectivity index (χ2v) is 12.7. The zero-order valence-electron chi connectivity index (χ0n) is 27.9. The number of hydrogen-bond donors (Lipinski definition) is 0. The number of hydrogen-bond acceptors (Lipinski definition) is 12. The molecule has 0 heterocycles. The van der Waals surface area contributed by atoms with E-state index < -0.39 is 94.6 Å². The fourth-order valence-electron chi connectivity index (χ4n) is 6.38. The molecule has 0 amide bonds. The third-order valence-corrected chi connectivity index (χ3v) is 8.39. The van der Waals surface area contributed by atoms with Crippen molar-refractivity contribution in [2.24, 2.45) is 23.2 Å². The van der Waals surface area contributed by atoms with Crippen LogP contribution in [0.3, 0.4) is 0 Å². The SMILES string of the molecule is C=C1[C@H](OC(C)=O)[C@H]2[C@@H](OC(C)=O)[C@@H](C)C[C@]2(OC(C)=O)C(=O)[C@H](C)C=CC(C)(C)C(=O)[C@H](OC(=O)c2ccccc2)[C@H]1OC(C)=O. The van der Waals surface area contributed by atoms with Crippen molar-refractivity contribution < 1.29 is 57.2 Å². The van der Waals surface area contributed by atoms with Crippen molar-refractivity contribution in [3.63, 3.8) is 0 Å². The zero-order valence-corrected chi connectivity index (χ0v) is 27.9. The first-order valence-corrected chi connectivity index (χ1v) is 15.3. The van der Waals surface area contributed by atoms with E-state index in [4.69, 9.17) is 23.7 Å². The van der Waals surface area contributed by atoms with Crippen molar-refractivity contribution >= 4 is 41.4 Å². The van der Waals surface area contributed by atoms with E-state index in [1.807, 2.05) is 0 Å². The molecule has 0 aliphatic heterocycles. The summed E-state index contributed by atoms with van der Waals surface area (Å²) in [6, 6.07) is 7.80. The third kappa shape index (κ3) is 8.04. The van der Waals surface area contributed by atoms with Crippen LogP contribution in [0.15, 0.2) is 54.6 Å². The first-order valence-electron chi connectivity index (χ1n) is 15.3. The summed E-state index contributed by atoms with van der Waals surface area (Å²) in [6.07, 6.45) is -3.69. The summed E-state index contributed by atoms with van der Waals surface area (Å²) in [6.45, 7) is 14.7. The van der Waals surface area contributed by atoms with Gasteiger partial charge in [0.25, 0.3) is 0 Å². The molecule has 12 heteroatoms. The highest BCUT2D eigenvalue weighted by molar-refractivity contribution is 5.97. The van der Waals surface area contributed by atoms with Gasteiger partial charge in [0.05, 0.1) is 11.5 Å². The Morgan fingerprint density at radius 3 is 1.83 bits per heavy atom. The van der Waals surface area contributed by atoms with Gasteiger partial charge in [0.15, 0.2) is 23.3 Å². The van der Waals surface area contributed by atoms with Crippen molar-refractivity contribution in [2.75, 3.05) is 0 Å². The molecule has 3 rings (SSSR count). The van der Waals surface area contributed by atoms with E-state index >= 15 is 0 Å². The average molecular weight is 655 g/mol. The lowest BCUT2D eigenvalue weighted by Crippen LogP contribution is -2.58. The van der Waals surface area contributed by atoms with Crippen LogP contribution < -0.4 is 0 Å². The van der Waals surface area contributed by atoms with Gasteiger partial charge in [-0.05, 0) is 31.9 Å². The van der Waals surface area contributed by atoms with E-state index in [1.165, 1.54) is 38.1 Å². The minimum atomic E-state index is -2.04. The minimum absolute atomic E-state index is 0.0936. The van der Waals surface area contributed by atoms with Crippen LogP contribution in [-0.2, 0) is 52.5 Å². The highest BCUT2D eigenvalue weighted by Crippen LogP contribution is 2.51. The smallest absolute Gasteiger partial charge is 0.338 e. The van der Waals surface area contributed by atoms with Crippen LogP contribution >= 0.6 is 0 Å². The van der Waals surface area contributed by atoms with Gasteiger partial charge < -0.3 is 23.7 Å². The standard InChI is InChI=1S/C35H42O12/c1-18-15-16-34(8,9)32(41)30(46-33(42)25-13-11-10-12-14-25)29(45-23(6)38)20(3)28(44-22(5)37)26-27(43-21(4)36)19(2)17-35(26,31(18)40)47-24(7)39/h10-16,18-19,26-30H,3,17H2,1-2,4-9H3/t18-,19+,26-,27+,28+,29+,30-,35-/m1/s1. The van der Waals surface area contributed by atoms with Crippen molar-refractivity contribution in [3.8, 4) is 0 Å². The van der Waals surface area contributed by atoms with Crippen LogP contribution in [0.25, 0.3) is 0 Å². The lowest BCUT2D eigenvalue weighted by atomic mass is 9.72. The summed E-state index contributed by atoms with van der Waals surface area (Å²) >= 11 is 0. The molecule has 1 saturated carbocycles. The molecule has 0 aromatic heterocycles. The molecule has 1 aromatic carbocycles. The van der Waals surface area contributed by atoms with Gasteiger partial charge in [-0.15, -0.1) is 0 Å². The largest absolute Gasteiger partial charge is 0.462 e. The molecule has 0 radical (unpaired) electrons. The normalized spacial score (nSPS) is 30.6. The van der Waals surface area contributed by atoms with Crippen LogP contribution in [0.2, 0.25) is 0 Å². The Bertz CT molecular complexity index is 1470. The predicted molar refractivity (Wildman–Crippen MR) is 165 cm³/mol. The molecule has 0 unspecified atom stereocenters. The number of benzene rings is 1. The number of carbonyl (C=O) groups is 7. The minimum Gasteiger partial charge on any atom is -0.462 e. The highest BCUT2D eigenvalue weighted by Gasteiger charge is 2.65. The molecule has 254 valence electrons. The van der Waals surface area contributed by atoms with Crippen molar-refractivity contribution in [3.05, 3.63) is 60.2 Å². The zero-order chi connectivity index (χ0) is 35.4. The summed E-state index contributed by atoms with van der Waals surface area (Å²) < 4.78 is 28.8. The van der Waals surface area contributed by atoms with Crippen LogP contribution in [-0.4, -0.2) is 71.4 Å². The second-order valence-electron chi connectivity index (χ2n) is 12.7. The molecule has 47 heavy (non-hydrogen) atoms. The maximum absolute atomic E-state index is 14.5. The Hall–Kier alpha value is -4.61. The van der Waals surface area contributed by atoms with Crippen LogP contribution in [0.1, 0.15) is 72.2 Å². The number of ether oxygens (including phenoxy) is 5. The summed E-state index contributed by atoms with van der Waals surface area (Å²) in [5.74, 6) is -8.64. The Labute approximate surface area is 273 Å². The molecule has 0 spiro atoms.